The van der Waals surface area contributed by atoms with Crippen LogP contribution in [0, 0.1) is 0 Å². The van der Waals surface area contributed by atoms with Crippen molar-refractivity contribution in [1.29, 1.82) is 0 Å². The standard InChI is InChI=1S/C26H29N3O2/c1-25(2)11-12-26(3,4)23-16-21(17-29-14-13-27-28-29)20(15-22(23)25)10-7-18-5-8-19(9-6-18)24(30)31/h5-10,13-16H,11-12,17H2,1-4H3,(H,30,31)/b10-7+. The molecule has 0 aliphatic heterocycles. The summed E-state index contributed by atoms with van der Waals surface area (Å²) in [7, 11) is 0. The fourth-order valence-electron chi connectivity index (χ4n) is 4.38. The molecule has 0 spiro atoms. The number of benzene rings is 2. The zero-order valence-electron chi connectivity index (χ0n) is 18.6. The summed E-state index contributed by atoms with van der Waals surface area (Å²) < 4.78 is 1.85. The Hall–Kier alpha value is -3.21. The van der Waals surface area contributed by atoms with E-state index in [1.807, 2.05) is 29.1 Å². The molecular formula is C26H29N3O2. The van der Waals surface area contributed by atoms with E-state index in [2.05, 4.69) is 56.2 Å². The third-order valence-corrected chi connectivity index (χ3v) is 6.53. The monoisotopic (exact) mass is 415 g/mol. The highest BCUT2D eigenvalue weighted by atomic mass is 16.4. The zero-order valence-corrected chi connectivity index (χ0v) is 18.6. The summed E-state index contributed by atoms with van der Waals surface area (Å²) in [4.78, 5) is 11.1. The Bertz CT molecular complexity index is 1120. The SMILES string of the molecule is CC1(C)CCC(C)(C)c2cc(Cn3ccnn3)c(/C=C/c3ccc(C(=O)O)cc3)cc21. The summed E-state index contributed by atoms with van der Waals surface area (Å²) in [5.74, 6) is -0.912. The Morgan fingerprint density at radius 1 is 1.03 bits per heavy atom. The molecule has 1 aliphatic rings. The maximum absolute atomic E-state index is 11.1. The van der Waals surface area contributed by atoms with Gasteiger partial charge in [-0.2, -0.15) is 0 Å². The Balaban J connectivity index is 1.78. The molecule has 5 heteroatoms. The topological polar surface area (TPSA) is 68.0 Å². The first-order valence-corrected chi connectivity index (χ1v) is 10.7. The van der Waals surface area contributed by atoms with E-state index in [1.165, 1.54) is 23.1 Å². The molecule has 1 heterocycles. The van der Waals surface area contributed by atoms with E-state index in [-0.39, 0.29) is 10.8 Å². The zero-order chi connectivity index (χ0) is 22.2. The van der Waals surface area contributed by atoms with E-state index in [0.29, 0.717) is 12.1 Å². The van der Waals surface area contributed by atoms with Crippen LogP contribution in [0.5, 0.6) is 0 Å². The summed E-state index contributed by atoms with van der Waals surface area (Å²) in [6, 6.07) is 11.6. The second-order valence-corrected chi connectivity index (χ2v) is 9.73. The highest BCUT2D eigenvalue weighted by Crippen LogP contribution is 2.46. The van der Waals surface area contributed by atoms with Crippen LogP contribution in [0.2, 0.25) is 0 Å². The number of carboxylic acids is 1. The Morgan fingerprint density at radius 2 is 1.68 bits per heavy atom. The predicted molar refractivity (Wildman–Crippen MR) is 123 cm³/mol. The van der Waals surface area contributed by atoms with E-state index in [4.69, 9.17) is 5.11 Å². The second kappa shape index (κ2) is 7.80. The van der Waals surface area contributed by atoms with Crippen LogP contribution in [0.4, 0.5) is 0 Å². The number of aromatic carboxylic acids is 1. The molecule has 1 aromatic heterocycles. The van der Waals surface area contributed by atoms with Crippen molar-refractivity contribution in [3.05, 3.63) is 82.2 Å². The van der Waals surface area contributed by atoms with Crippen molar-refractivity contribution in [2.75, 3.05) is 0 Å². The molecule has 4 rings (SSSR count). The number of hydrogen-bond acceptors (Lipinski definition) is 3. The second-order valence-electron chi connectivity index (χ2n) is 9.73. The fourth-order valence-corrected chi connectivity index (χ4v) is 4.38. The molecule has 0 fully saturated rings. The van der Waals surface area contributed by atoms with E-state index in [1.54, 1.807) is 18.3 Å². The quantitative estimate of drug-likeness (QED) is 0.555. The first-order valence-electron chi connectivity index (χ1n) is 10.7. The molecule has 31 heavy (non-hydrogen) atoms. The molecule has 0 unspecified atom stereocenters. The lowest BCUT2D eigenvalue weighted by atomic mass is 9.62. The van der Waals surface area contributed by atoms with Crippen LogP contribution in [0.15, 0.2) is 48.8 Å². The first kappa shape index (κ1) is 21.0. The molecule has 160 valence electrons. The largest absolute Gasteiger partial charge is 0.478 e. The molecule has 0 saturated heterocycles. The Labute approximate surface area is 183 Å². The summed E-state index contributed by atoms with van der Waals surface area (Å²) in [5, 5.41) is 17.2. The van der Waals surface area contributed by atoms with Gasteiger partial charge in [-0.1, -0.05) is 69.3 Å². The highest BCUT2D eigenvalue weighted by Gasteiger charge is 2.37. The van der Waals surface area contributed by atoms with Crippen molar-refractivity contribution in [3.8, 4) is 0 Å². The molecule has 0 saturated carbocycles. The van der Waals surface area contributed by atoms with E-state index < -0.39 is 5.97 Å². The average molecular weight is 416 g/mol. The van der Waals surface area contributed by atoms with Crippen LogP contribution in [-0.2, 0) is 17.4 Å². The maximum atomic E-state index is 11.1. The number of nitrogens with zero attached hydrogens (tertiary/aromatic N) is 3. The lowest BCUT2D eigenvalue weighted by molar-refractivity contribution is 0.0697. The number of rotatable bonds is 5. The number of hydrogen-bond donors (Lipinski definition) is 1. The minimum absolute atomic E-state index is 0.127. The van der Waals surface area contributed by atoms with Crippen LogP contribution in [-0.4, -0.2) is 26.1 Å². The van der Waals surface area contributed by atoms with Gasteiger partial charge in [0.25, 0.3) is 0 Å². The third-order valence-electron chi connectivity index (χ3n) is 6.53. The van der Waals surface area contributed by atoms with Gasteiger partial charge in [0.15, 0.2) is 0 Å². The van der Waals surface area contributed by atoms with Gasteiger partial charge in [0.2, 0.25) is 0 Å². The van der Waals surface area contributed by atoms with Crippen LogP contribution in [0.1, 0.15) is 78.7 Å². The lowest BCUT2D eigenvalue weighted by Gasteiger charge is -2.42. The van der Waals surface area contributed by atoms with Gasteiger partial charge in [-0.05, 0) is 63.6 Å². The van der Waals surface area contributed by atoms with Gasteiger partial charge >= 0.3 is 5.97 Å². The Kier molecular flexibility index (Phi) is 5.29. The van der Waals surface area contributed by atoms with Crippen molar-refractivity contribution in [1.82, 2.24) is 15.0 Å². The lowest BCUT2D eigenvalue weighted by Crippen LogP contribution is -2.34. The molecule has 3 aromatic rings. The fraction of sp³-hybridized carbons (Fsp3) is 0.346. The van der Waals surface area contributed by atoms with E-state index >= 15 is 0 Å². The van der Waals surface area contributed by atoms with Crippen LogP contribution >= 0.6 is 0 Å². The first-order chi connectivity index (χ1) is 14.7. The van der Waals surface area contributed by atoms with Crippen molar-refractivity contribution in [3.63, 3.8) is 0 Å². The van der Waals surface area contributed by atoms with Crippen molar-refractivity contribution < 1.29 is 9.90 Å². The molecule has 0 radical (unpaired) electrons. The van der Waals surface area contributed by atoms with Crippen LogP contribution < -0.4 is 0 Å². The molecule has 1 aliphatic carbocycles. The molecule has 2 aromatic carbocycles. The third kappa shape index (κ3) is 4.31. The van der Waals surface area contributed by atoms with Gasteiger partial charge in [-0.15, -0.1) is 5.10 Å². The number of fused-ring (bicyclic) bond motifs is 1. The predicted octanol–water partition coefficient (Wildman–Crippen LogP) is 5.54. The molecule has 1 N–H and O–H groups in total. The summed E-state index contributed by atoms with van der Waals surface area (Å²) in [6.45, 7) is 9.98. The van der Waals surface area contributed by atoms with E-state index in [9.17, 15) is 4.79 Å². The number of carboxylic acid groups (broad SMARTS) is 1. The smallest absolute Gasteiger partial charge is 0.335 e. The van der Waals surface area contributed by atoms with Gasteiger partial charge in [0.05, 0.1) is 18.3 Å². The highest BCUT2D eigenvalue weighted by molar-refractivity contribution is 5.88. The van der Waals surface area contributed by atoms with Crippen molar-refractivity contribution >= 4 is 18.1 Å². The molecule has 0 amide bonds. The van der Waals surface area contributed by atoms with Gasteiger partial charge < -0.3 is 5.11 Å². The molecule has 5 nitrogen and oxygen atoms in total. The van der Waals surface area contributed by atoms with Crippen molar-refractivity contribution in [2.24, 2.45) is 0 Å². The normalized spacial score (nSPS) is 16.9. The summed E-state index contributed by atoms with van der Waals surface area (Å²) in [5.41, 5.74) is 6.71. The van der Waals surface area contributed by atoms with Crippen LogP contribution in [0.3, 0.4) is 0 Å². The molecule has 0 bridgehead atoms. The summed E-state index contributed by atoms with van der Waals surface area (Å²) in [6.07, 6.45) is 10.1. The minimum Gasteiger partial charge on any atom is -0.478 e. The van der Waals surface area contributed by atoms with Gasteiger partial charge in [-0.25, -0.2) is 9.48 Å². The van der Waals surface area contributed by atoms with Gasteiger partial charge in [0.1, 0.15) is 0 Å². The van der Waals surface area contributed by atoms with Gasteiger partial charge in [-0.3, -0.25) is 0 Å². The summed E-state index contributed by atoms with van der Waals surface area (Å²) >= 11 is 0. The van der Waals surface area contributed by atoms with Crippen LogP contribution in [0.25, 0.3) is 12.2 Å². The minimum atomic E-state index is -0.912. The maximum Gasteiger partial charge on any atom is 0.335 e. The number of aromatic nitrogens is 3. The average Bonchev–Trinajstić information content (AvgIpc) is 3.23. The van der Waals surface area contributed by atoms with Crippen molar-refractivity contribution in [2.45, 2.75) is 57.9 Å². The van der Waals surface area contributed by atoms with Gasteiger partial charge in [0, 0.05) is 6.20 Å². The molecule has 0 atom stereocenters. The molecular weight excluding hydrogens is 386 g/mol. The Morgan fingerprint density at radius 3 is 2.26 bits per heavy atom. The van der Waals surface area contributed by atoms with E-state index in [0.717, 1.165) is 17.5 Å². The number of carbonyl (C=O) groups is 1.